The van der Waals surface area contributed by atoms with E-state index in [0.29, 0.717) is 0 Å². The molecule has 9 heteroatoms. The smallest absolute Gasteiger partial charge is 0.370 e. The first-order valence-corrected chi connectivity index (χ1v) is 9.95. The van der Waals surface area contributed by atoms with E-state index in [2.05, 4.69) is 10.6 Å². The van der Waals surface area contributed by atoms with Gasteiger partial charge in [0.05, 0.1) is 11.1 Å². The summed E-state index contributed by atoms with van der Waals surface area (Å²) >= 11 is 0. The van der Waals surface area contributed by atoms with Gasteiger partial charge in [0.25, 0.3) is 0 Å². The molecule has 0 heterocycles. The van der Waals surface area contributed by atoms with Crippen molar-refractivity contribution in [2.75, 3.05) is 5.32 Å². The zero-order valence-electron chi connectivity index (χ0n) is 16.5. The zero-order valence-corrected chi connectivity index (χ0v) is 16.5. The van der Waals surface area contributed by atoms with Gasteiger partial charge in [0.2, 0.25) is 5.91 Å². The Labute approximate surface area is 175 Å². The second-order valence-corrected chi connectivity index (χ2v) is 7.62. The third-order valence-corrected chi connectivity index (χ3v) is 5.29. The highest BCUT2D eigenvalue weighted by Crippen LogP contribution is 2.33. The third-order valence-electron chi connectivity index (χ3n) is 5.29. The van der Waals surface area contributed by atoms with Gasteiger partial charge >= 0.3 is 12.4 Å². The molecule has 3 rings (SSSR count). The molecular weight excluding hydrogens is 422 g/mol. The van der Waals surface area contributed by atoms with Crippen LogP contribution < -0.4 is 10.6 Å². The Kier molecular flexibility index (Phi) is 6.81. The molecule has 168 valence electrons. The Bertz CT molecular complexity index is 886. The molecule has 2 N–H and O–H groups in total. The fourth-order valence-corrected chi connectivity index (χ4v) is 3.65. The van der Waals surface area contributed by atoms with Crippen LogP contribution in [-0.4, -0.2) is 11.9 Å². The predicted octanol–water partition coefficient (Wildman–Crippen LogP) is 6.33. The van der Waals surface area contributed by atoms with Crippen LogP contribution in [-0.2, 0) is 17.1 Å². The second kappa shape index (κ2) is 9.20. The van der Waals surface area contributed by atoms with E-state index < -0.39 is 35.4 Å². The highest BCUT2D eigenvalue weighted by molar-refractivity contribution is 5.86. The molecule has 0 saturated heterocycles. The van der Waals surface area contributed by atoms with E-state index in [-0.39, 0.29) is 17.3 Å². The molecule has 3 nitrogen and oxygen atoms in total. The molecule has 1 amide bonds. The summed E-state index contributed by atoms with van der Waals surface area (Å²) < 4.78 is 77.8. The standard InChI is InChI=1S/C22H22F6N2O/c23-21(24,25)15-11-9-14(10-12-15)19(20(31)30-17-6-2-1-3-7-17)29-18-8-4-5-16(13-18)22(26,27)28/h4-5,8-13,17,19,29H,1-3,6-7H2,(H,30,31). The number of carbonyl (C=O) groups is 1. The molecule has 1 saturated carbocycles. The van der Waals surface area contributed by atoms with E-state index in [1.807, 2.05) is 0 Å². The van der Waals surface area contributed by atoms with E-state index in [1.165, 1.54) is 12.1 Å². The number of hydrogen-bond donors (Lipinski definition) is 2. The van der Waals surface area contributed by atoms with E-state index in [1.54, 1.807) is 0 Å². The molecule has 0 radical (unpaired) electrons. The normalized spacial score (nSPS) is 16.6. The van der Waals surface area contributed by atoms with Gasteiger partial charge in [-0.2, -0.15) is 26.3 Å². The minimum Gasteiger partial charge on any atom is -0.370 e. The van der Waals surface area contributed by atoms with Crippen molar-refractivity contribution in [2.24, 2.45) is 0 Å². The lowest BCUT2D eigenvalue weighted by atomic mass is 9.94. The maximum atomic E-state index is 13.0. The molecule has 0 aliphatic heterocycles. The minimum absolute atomic E-state index is 0.0403. The molecule has 1 fully saturated rings. The Morgan fingerprint density at radius 2 is 1.45 bits per heavy atom. The Morgan fingerprint density at radius 1 is 0.839 bits per heavy atom. The number of anilines is 1. The van der Waals surface area contributed by atoms with Crippen LogP contribution in [0.2, 0.25) is 0 Å². The summed E-state index contributed by atoms with van der Waals surface area (Å²) in [5.41, 5.74) is -1.50. The maximum Gasteiger partial charge on any atom is 0.416 e. The van der Waals surface area contributed by atoms with Crippen LogP contribution >= 0.6 is 0 Å². The van der Waals surface area contributed by atoms with Crippen molar-refractivity contribution in [2.45, 2.75) is 56.5 Å². The van der Waals surface area contributed by atoms with Gasteiger partial charge in [-0.3, -0.25) is 4.79 Å². The Hall–Kier alpha value is -2.71. The van der Waals surface area contributed by atoms with Gasteiger partial charge in [-0.15, -0.1) is 0 Å². The number of halogens is 6. The first-order valence-electron chi connectivity index (χ1n) is 9.95. The van der Waals surface area contributed by atoms with Gasteiger partial charge in [0.15, 0.2) is 0 Å². The van der Waals surface area contributed by atoms with Crippen LogP contribution in [0.1, 0.15) is 54.8 Å². The van der Waals surface area contributed by atoms with Crippen molar-refractivity contribution in [1.29, 1.82) is 0 Å². The molecule has 0 bridgehead atoms. The summed E-state index contributed by atoms with van der Waals surface area (Å²) in [6, 6.07) is 7.16. The predicted molar refractivity (Wildman–Crippen MR) is 104 cm³/mol. The van der Waals surface area contributed by atoms with Gasteiger partial charge in [0.1, 0.15) is 6.04 Å². The lowest BCUT2D eigenvalue weighted by Gasteiger charge is -2.27. The van der Waals surface area contributed by atoms with Gasteiger partial charge < -0.3 is 10.6 Å². The SMILES string of the molecule is O=C(NC1CCCCC1)C(Nc1cccc(C(F)(F)F)c1)c1ccc(C(F)(F)F)cc1. The lowest BCUT2D eigenvalue weighted by Crippen LogP contribution is -2.41. The van der Waals surface area contributed by atoms with Gasteiger partial charge in [0, 0.05) is 11.7 Å². The molecular formula is C22H22F6N2O. The third kappa shape index (κ3) is 6.15. The van der Waals surface area contributed by atoms with Crippen LogP contribution in [0, 0.1) is 0 Å². The van der Waals surface area contributed by atoms with E-state index in [4.69, 9.17) is 0 Å². The van der Waals surface area contributed by atoms with Gasteiger partial charge in [-0.05, 0) is 48.7 Å². The van der Waals surface area contributed by atoms with Crippen LogP contribution in [0.25, 0.3) is 0 Å². The largest absolute Gasteiger partial charge is 0.416 e. The van der Waals surface area contributed by atoms with Gasteiger partial charge in [-0.25, -0.2) is 0 Å². The number of benzene rings is 2. The summed E-state index contributed by atoms with van der Waals surface area (Å²) in [4.78, 5) is 13.0. The quantitative estimate of drug-likeness (QED) is 0.530. The van der Waals surface area contributed by atoms with E-state index in [0.717, 1.165) is 68.5 Å². The molecule has 1 atom stereocenters. The molecule has 1 aliphatic carbocycles. The topological polar surface area (TPSA) is 41.1 Å². The average Bonchev–Trinajstić information content (AvgIpc) is 2.72. The number of alkyl halides is 6. The number of amides is 1. The summed E-state index contributed by atoms with van der Waals surface area (Å²) in [6.45, 7) is 0. The van der Waals surface area contributed by atoms with Crippen molar-refractivity contribution < 1.29 is 31.1 Å². The van der Waals surface area contributed by atoms with E-state index >= 15 is 0 Å². The fraction of sp³-hybridized carbons (Fsp3) is 0.409. The second-order valence-electron chi connectivity index (χ2n) is 7.62. The highest BCUT2D eigenvalue weighted by Gasteiger charge is 2.32. The minimum atomic E-state index is -4.56. The maximum absolute atomic E-state index is 13.0. The van der Waals surface area contributed by atoms with Crippen molar-refractivity contribution in [3.05, 3.63) is 65.2 Å². The number of hydrogen-bond acceptors (Lipinski definition) is 2. The molecule has 1 unspecified atom stereocenters. The molecule has 1 aliphatic rings. The van der Waals surface area contributed by atoms with Crippen LogP contribution in [0.15, 0.2) is 48.5 Å². The molecule has 31 heavy (non-hydrogen) atoms. The molecule has 2 aromatic rings. The molecule has 0 aromatic heterocycles. The van der Waals surface area contributed by atoms with Crippen LogP contribution in [0.3, 0.4) is 0 Å². The number of nitrogens with one attached hydrogen (secondary N) is 2. The fourth-order valence-electron chi connectivity index (χ4n) is 3.65. The number of rotatable bonds is 5. The zero-order chi connectivity index (χ0) is 22.6. The molecule has 0 spiro atoms. The average molecular weight is 444 g/mol. The van der Waals surface area contributed by atoms with Crippen molar-refractivity contribution in [3.8, 4) is 0 Å². The first kappa shape index (κ1) is 23.0. The Balaban J connectivity index is 1.87. The summed E-state index contributed by atoms with van der Waals surface area (Å²) in [5.74, 6) is -0.496. The lowest BCUT2D eigenvalue weighted by molar-refractivity contribution is -0.138. The molecule has 2 aromatic carbocycles. The summed E-state index contributed by atoms with van der Waals surface area (Å²) in [7, 11) is 0. The van der Waals surface area contributed by atoms with Crippen molar-refractivity contribution >= 4 is 11.6 Å². The van der Waals surface area contributed by atoms with Crippen molar-refractivity contribution in [1.82, 2.24) is 5.32 Å². The van der Waals surface area contributed by atoms with Crippen LogP contribution in [0.5, 0.6) is 0 Å². The summed E-state index contributed by atoms with van der Waals surface area (Å²) in [5, 5.41) is 5.64. The van der Waals surface area contributed by atoms with Gasteiger partial charge in [-0.1, -0.05) is 37.5 Å². The highest BCUT2D eigenvalue weighted by atomic mass is 19.4. The summed E-state index contributed by atoms with van der Waals surface area (Å²) in [6.07, 6.45) is -4.55. The monoisotopic (exact) mass is 444 g/mol. The number of carbonyl (C=O) groups excluding carboxylic acids is 1. The first-order chi connectivity index (χ1) is 14.5. The van der Waals surface area contributed by atoms with Crippen molar-refractivity contribution in [3.63, 3.8) is 0 Å². The van der Waals surface area contributed by atoms with E-state index in [9.17, 15) is 31.1 Å². The van der Waals surface area contributed by atoms with Crippen LogP contribution in [0.4, 0.5) is 32.0 Å². The Morgan fingerprint density at radius 3 is 2.03 bits per heavy atom.